The van der Waals surface area contributed by atoms with E-state index in [1.807, 2.05) is 6.07 Å². The molecule has 0 bridgehead atoms. The molecule has 5 nitrogen and oxygen atoms in total. The standard InChI is InChI=1S/C15H22N2O3S/c1-21-10-3-2-8-16-15(20)17-9-7-12-5-4-6-13(11-12)14(18)19/h4-6,11H,2-3,7-10H2,1H3,(H,18,19)(H2,16,17,20). The van der Waals surface area contributed by atoms with Crippen molar-refractivity contribution in [1.82, 2.24) is 10.6 Å². The van der Waals surface area contributed by atoms with Gasteiger partial charge in [0.2, 0.25) is 0 Å². The quantitative estimate of drug-likeness (QED) is 0.612. The summed E-state index contributed by atoms with van der Waals surface area (Å²) in [5.41, 5.74) is 1.17. The molecule has 0 heterocycles. The highest BCUT2D eigenvalue weighted by Crippen LogP contribution is 2.05. The lowest BCUT2D eigenvalue weighted by Gasteiger charge is -2.08. The van der Waals surface area contributed by atoms with Gasteiger partial charge in [0.25, 0.3) is 0 Å². The minimum atomic E-state index is -0.937. The van der Waals surface area contributed by atoms with E-state index < -0.39 is 5.97 Å². The van der Waals surface area contributed by atoms with E-state index in [-0.39, 0.29) is 11.6 Å². The van der Waals surface area contributed by atoms with Gasteiger partial charge in [0.15, 0.2) is 0 Å². The first-order valence-corrected chi connectivity index (χ1v) is 8.35. The van der Waals surface area contributed by atoms with Crippen molar-refractivity contribution >= 4 is 23.8 Å². The summed E-state index contributed by atoms with van der Waals surface area (Å²) in [5.74, 6) is 0.177. The average molecular weight is 310 g/mol. The number of aromatic carboxylic acids is 1. The predicted molar refractivity (Wildman–Crippen MR) is 86.1 cm³/mol. The van der Waals surface area contributed by atoms with Crippen LogP contribution in [-0.2, 0) is 6.42 Å². The number of rotatable bonds is 9. The zero-order valence-corrected chi connectivity index (χ0v) is 13.0. The number of carboxylic acids is 1. The van der Waals surface area contributed by atoms with Crippen molar-refractivity contribution in [3.63, 3.8) is 0 Å². The Bertz CT molecular complexity index is 466. The van der Waals surface area contributed by atoms with E-state index in [0.29, 0.717) is 19.5 Å². The number of amides is 2. The van der Waals surface area contributed by atoms with E-state index in [2.05, 4.69) is 16.9 Å². The van der Waals surface area contributed by atoms with Gasteiger partial charge in [-0.25, -0.2) is 9.59 Å². The molecule has 21 heavy (non-hydrogen) atoms. The van der Waals surface area contributed by atoms with Crippen molar-refractivity contribution in [1.29, 1.82) is 0 Å². The molecule has 0 radical (unpaired) electrons. The van der Waals surface area contributed by atoms with Crippen molar-refractivity contribution < 1.29 is 14.7 Å². The summed E-state index contributed by atoms with van der Waals surface area (Å²) in [7, 11) is 0. The van der Waals surface area contributed by atoms with Gasteiger partial charge in [-0.1, -0.05) is 12.1 Å². The van der Waals surface area contributed by atoms with Gasteiger partial charge in [-0.2, -0.15) is 11.8 Å². The molecule has 2 amide bonds. The molecule has 0 unspecified atom stereocenters. The number of hydrogen-bond donors (Lipinski definition) is 3. The Morgan fingerprint density at radius 3 is 2.67 bits per heavy atom. The van der Waals surface area contributed by atoms with Crippen LogP contribution >= 0.6 is 11.8 Å². The average Bonchev–Trinajstić information content (AvgIpc) is 2.47. The molecule has 0 aliphatic carbocycles. The zero-order chi connectivity index (χ0) is 15.5. The molecular weight excluding hydrogens is 288 g/mol. The van der Waals surface area contributed by atoms with Crippen LogP contribution in [0.25, 0.3) is 0 Å². The van der Waals surface area contributed by atoms with Gasteiger partial charge < -0.3 is 15.7 Å². The van der Waals surface area contributed by atoms with E-state index in [4.69, 9.17) is 5.11 Å². The Kier molecular flexibility index (Phi) is 8.35. The molecule has 1 aromatic rings. The van der Waals surface area contributed by atoms with Gasteiger partial charge in [-0.05, 0) is 49.0 Å². The second-order valence-electron chi connectivity index (χ2n) is 4.64. The molecule has 116 valence electrons. The number of urea groups is 1. The van der Waals surface area contributed by atoms with Crippen molar-refractivity contribution in [2.45, 2.75) is 19.3 Å². The Morgan fingerprint density at radius 2 is 1.95 bits per heavy atom. The Balaban J connectivity index is 2.19. The van der Waals surface area contributed by atoms with Gasteiger partial charge >= 0.3 is 12.0 Å². The monoisotopic (exact) mass is 310 g/mol. The van der Waals surface area contributed by atoms with Crippen LogP contribution < -0.4 is 10.6 Å². The Labute approximate surface area is 129 Å². The molecule has 3 N–H and O–H groups in total. The maximum atomic E-state index is 11.5. The summed E-state index contributed by atoms with van der Waals surface area (Å²) in [6.45, 7) is 1.17. The summed E-state index contributed by atoms with van der Waals surface area (Å²) in [5, 5.41) is 14.5. The zero-order valence-electron chi connectivity index (χ0n) is 12.2. The van der Waals surface area contributed by atoms with Crippen LogP contribution in [0.4, 0.5) is 4.79 Å². The van der Waals surface area contributed by atoms with Gasteiger partial charge in [0.1, 0.15) is 0 Å². The van der Waals surface area contributed by atoms with Crippen LogP contribution in [-0.4, -0.2) is 42.2 Å². The first-order valence-electron chi connectivity index (χ1n) is 6.96. The Hall–Kier alpha value is -1.69. The van der Waals surface area contributed by atoms with Gasteiger partial charge in [0.05, 0.1) is 5.56 Å². The molecule has 0 aromatic heterocycles. The predicted octanol–water partition coefficient (Wildman–Crippen LogP) is 2.37. The topological polar surface area (TPSA) is 78.4 Å². The third-order valence-corrected chi connectivity index (χ3v) is 3.63. The Morgan fingerprint density at radius 1 is 1.19 bits per heavy atom. The lowest BCUT2D eigenvalue weighted by molar-refractivity contribution is 0.0696. The number of thioether (sulfide) groups is 1. The molecule has 0 fully saturated rings. The second kappa shape index (κ2) is 10.1. The smallest absolute Gasteiger partial charge is 0.335 e. The molecule has 6 heteroatoms. The number of carbonyl (C=O) groups excluding carboxylic acids is 1. The molecule has 0 aliphatic heterocycles. The fourth-order valence-electron chi connectivity index (χ4n) is 1.82. The van der Waals surface area contributed by atoms with Crippen LogP contribution in [0, 0.1) is 0 Å². The molecule has 0 atom stereocenters. The van der Waals surface area contributed by atoms with Crippen molar-refractivity contribution in [3.8, 4) is 0 Å². The molecule has 0 saturated heterocycles. The molecule has 0 saturated carbocycles. The highest BCUT2D eigenvalue weighted by Gasteiger charge is 2.04. The third kappa shape index (κ3) is 7.60. The normalized spacial score (nSPS) is 10.1. The van der Waals surface area contributed by atoms with E-state index >= 15 is 0 Å². The summed E-state index contributed by atoms with van der Waals surface area (Å²) >= 11 is 1.80. The maximum absolute atomic E-state index is 11.5. The number of unbranched alkanes of at least 4 members (excludes halogenated alkanes) is 1. The summed E-state index contributed by atoms with van der Waals surface area (Å²) < 4.78 is 0. The van der Waals surface area contributed by atoms with E-state index in [0.717, 1.165) is 24.2 Å². The van der Waals surface area contributed by atoms with Crippen molar-refractivity contribution in [3.05, 3.63) is 35.4 Å². The van der Waals surface area contributed by atoms with E-state index in [1.54, 1.807) is 30.0 Å². The minimum absolute atomic E-state index is 0.173. The first kappa shape index (κ1) is 17.4. The van der Waals surface area contributed by atoms with E-state index in [1.165, 1.54) is 0 Å². The number of carbonyl (C=O) groups is 2. The van der Waals surface area contributed by atoms with Crippen LogP contribution in [0.3, 0.4) is 0 Å². The van der Waals surface area contributed by atoms with Crippen LogP contribution in [0.5, 0.6) is 0 Å². The van der Waals surface area contributed by atoms with Crippen LogP contribution in [0.15, 0.2) is 24.3 Å². The highest BCUT2D eigenvalue weighted by molar-refractivity contribution is 7.98. The second-order valence-corrected chi connectivity index (χ2v) is 5.62. The van der Waals surface area contributed by atoms with E-state index in [9.17, 15) is 9.59 Å². The maximum Gasteiger partial charge on any atom is 0.335 e. The molecular formula is C15H22N2O3S. The van der Waals surface area contributed by atoms with Crippen LogP contribution in [0.1, 0.15) is 28.8 Å². The third-order valence-electron chi connectivity index (χ3n) is 2.93. The SMILES string of the molecule is CSCCCCNC(=O)NCCc1cccc(C(=O)O)c1. The lowest BCUT2D eigenvalue weighted by atomic mass is 10.1. The number of carboxylic acid groups (broad SMARTS) is 1. The summed E-state index contributed by atoms with van der Waals surface area (Å²) in [4.78, 5) is 22.4. The summed E-state index contributed by atoms with van der Waals surface area (Å²) in [6.07, 6.45) is 4.76. The highest BCUT2D eigenvalue weighted by atomic mass is 32.2. The van der Waals surface area contributed by atoms with Gasteiger partial charge in [-0.3, -0.25) is 0 Å². The molecule has 0 spiro atoms. The summed E-state index contributed by atoms with van der Waals surface area (Å²) in [6, 6.07) is 6.58. The molecule has 1 rings (SSSR count). The fraction of sp³-hybridized carbons (Fsp3) is 0.467. The van der Waals surface area contributed by atoms with Gasteiger partial charge in [-0.15, -0.1) is 0 Å². The molecule has 0 aliphatic rings. The number of benzene rings is 1. The lowest BCUT2D eigenvalue weighted by Crippen LogP contribution is -2.37. The largest absolute Gasteiger partial charge is 0.478 e. The number of nitrogens with one attached hydrogen (secondary N) is 2. The van der Waals surface area contributed by atoms with Crippen molar-refractivity contribution in [2.24, 2.45) is 0 Å². The van der Waals surface area contributed by atoms with Crippen LogP contribution in [0.2, 0.25) is 0 Å². The van der Waals surface area contributed by atoms with Gasteiger partial charge in [0, 0.05) is 13.1 Å². The number of hydrogen-bond acceptors (Lipinski definition) is 3. The first-order chi connectivity index (χ1) is 10.1. The van der Waals surface area contributed by atoms with Crippen molar-refractivity contribution in [2.75, 3.05) is 25.1 Å². The fourth-order valence-corrected chi connectivity index (χ4v) is 2.31. The molecule has 1 aromatic carbocycles. The minimum Gasteiger partial charge on any atom is -0.478 e.